The van der Waals surface area contributed by atoms with Crippen molar-refractivity contribution in [3.8, 4) is 0 Å². The molecule has 0 aliphatic carbocycles. The van der Waals surface area contributed by atoms with Crippen molar-refractivity contribution in [2.45, 2.75) is 6.42 Å². The highest BCUT2D eigenvalue weighted by Crippen LogP contribution is 2.14. The third-order valence-electron chi connectivity index (χ3n) is 1.77. The number of benzene rings is 1. The summed E-state index contributed by atoms with van der Waals surface area (Å²) in [5.74, 6) is 5.28. The molecule has 14 heavy (non-hydrogen) atoms. The first-order chi connectivity index (χ1) is 6.74. The maximum absolute atomic E-state index is 5.95. The van der Waals surface area contributed by atoms with Gasteiger partial charge in [-0.1, -0.05) is 29.8 Å². The smallest absolute Gasteiger partial charge is 0.203 e. The fourth-order valence-electron chi connectivity index (χ4n) is 1.04. The quantitative estimate of drug-likeness (QED) is 0.298. The summed E-state index contributed by atoms with van der Waals surface area (Å²) in [7, 11) is 0. The number of guanidine groups is 1. The van der Waals surface area contributed by atoms with Crippen LogP contribution in [0.5, 0.6) is 0 Å². The second kappa shape index (κ2) is 5.47. The van der Waals surface area contributed by atoms with Crippen LogP contribution in [0.4, 0.5) is 0 Å². The van der Waals surface area contributed by atoms with Crippen molar-refractivity contribution in [2.75, 3.05) is 6.54 Å². The molecule has 0 heterocycles. The van der Waals surface area contributed by atoms with E-state index in [-0.39, 0.29) is 5.96 Å². The summed E-state index contributed by atoms with van der Waals surface area (Å²) in [4.78, 5) is 3.98. The van der Waals surface area contributed by atoms with Crippen molar-refractivity contribution >= 4 is 17.6 Å². The van der Waals surface area contributed by atoms with Gasteiger partial charge >= 0.3 is 0 Å². The highest BCUT2D eigenvalue weighted by atomic mass is 35.5. The molecule has 1 aromatic carbocycles. The fraction of sp³-hybridized carbons (Fsp3) is 0.222. The molecule has 5 heteroatoms. The summed E-state index contributed by atoms with van der Waals surface area (Å²) in [5, 5.41) is 0.752. The molecule has 0 amide bonds. The lowest BCUT2D eigenvalue weighted by molar-refractivity contribution is 0.923. The molecule has 0 aliphatic heterocycles. The molecule has 0 spiro atoms. The zero-order valence-corrected chi connectivity index (χ0v) is 8.46. The van der Waals surface area contributed by atoms with Gasteiger partial charge in [0.25, 0.3) is 0 Å². The van der Waals surface area contributed by atoms with E-state index >= 15 is 0 Å². The zero-order valence-electron chi connectivity index (χ0n) is 7.70. The molecule has 1 aromatic rings. The Morgan fingerprint density at radius 3 is 2.79 bits per heavy atom. The van der Waals surface area contributed by atoms with Gasteiger partial charge in [0.1, 0.15) is 0 Å². The number of hydrazine groups is 1. The SMILES string of the molecule is NNC(N)=NCCc1ccccc1Cl. The van der Waals surface area contributed by atoms with E-state index in [0.717, 1.165) is 17.0 Å². The minimum atomic E-state index is 0.233. The van der Waals surface area contributed by atoms with Gasteiger partial charge in [-0.2, -0.15) is 0 Å². The van der Waals surface area contributed by atoms with Crippen LogP contribution in [0.25, 0.3) is 0 Å². The summed E-state index contributed by atoms with van der Waals surface area (Å²) in [5.41, 5.74) is 8.67. The van der Waals surface area contributed by atoms with Gasteiger partial charge in [0.15, 0.2) is 0 Å². The molecule has 0 saturated carbocycles. The van der Waals surface area contributed by atoms with Gasteiger partial charge in [-0.3, -0.25) is 10.4 Å². The second-order valence-corrected chi connectivity index (χ2v) is 3.16. The number of nitrogens with one attached hydrogen (secondary N) is 1. The van der Waals surface area contributed by atoms with Crippen LogP contribution in [0.15, 0.2) is 29.3 Å². The standard InChI is InChI=1S/C9H13ClN4/c10-8-4-2-1-3-7(8)5-6-13-9(11)14-12/h1-4H,5-6,12H2,(H3,11,13,14). The van der Waals surface area contributed by atoms with Crippen LogP contribution in [-0.4, -0.2) is 12.5 Å². The molecule has 4 nitrogen and oxygen atoms in total. The molecular weight excluding hydrogens is 200 g/mol. The Morgan fingerprint density at radius 1 is 1.43 bits per heavy atom. The molecule has 76 valence electrons. The van der Waals surface area contributed by atoms with Crippen LogP contribution in [0.3, 0.4) is 0 Å². The molecular formula is C9H13ClN4. The summed E-state index contributed by atoms with van der Waals surface area (Å²) in [6.07, 6.45) is 0.752. The van der Waals surface area contributed by atoms with Gasteiger partial charge in [-0.15, -0.1) is 0 Å². The van der Waals surface area contributed by atoms with Gasteiger partial charge in [0, 0.05) is 11.6 Å². The normalized spacial score (nSPS) is 11.4. The minimum Gasteiger partial charge on any atom is -0.369 e. The van der Waals surface area contributed by atoms with Crippen LogP contribution < -0.4 is 17.0 Å². The highest BCUT2D eigenvalue weighted by molar-refractivity contribution is 6.31. The van der Waals surface area contributed by atoms with Crippen molar-refractivity contribution in [3.05, 3.63) is 34.9 Å². The van der Waals surface area contributed by atoms with E-state index in [2.05, 4.69) is 10.4 Å². The van der Waals surface area contributed by atoms with Gasteiger partial charge in [-0.05, 0) is 18.1 Å². The molecule has 0 unspecified atom stereocenters. The Morgan fingerprint density at radius 2 is 2.14 bits per heavy atom. The van der Waals surface area contributed by atoms with E-state index in [0.29, 0.717) is 6.54 Å². The van der Waals surface area contributed by atoms with E-state index in [1.54, 1.807) is 0 Å². The summed E-state index contributed by atoms with van der Waals surface area (Å²) >= 11 is 5.95. The van der Waals surface area contributed by atoms with E-state index < -0.39 is 0 Å². The van der Waals surface area contributed by atoms with Crippen LogP contribution in [-0.2, 0) is 6.42 Å². The average molecular weight is 213 g/mol. The predicted molar refractivity (Wildman–Crippen MR) is 59.0 cm³/mol. The van der Waals surface area contributed by atoms with Crippen molar-refractivity contribution in [3.63, 3.8) is 0 Å². The van der Waals surface area contributed by atoms with Crippen LogP contribution in [0.1, 0.15) is 5.56 Å². The lowest BCUT2D eigenvalue weighted by Gasteiger charge is -2.01. The van der Waals surface area contributed by atoms with Gasteiger partial charge < -0.3 is 5.73 Å². The number of nitrogens with zero attached hydrogens (tertiary/aromatic N) is 1. The molecule has 0 bridgehead atoms. The molecule has 0 fully saturated rings. The number of nitrogens with two attached hydrogens (primary N) is 2. The van der Waals surface area contributed by atoms with Gasteiger partial charge in [0.05, 0.1) is 0 Å². The zero-order chi connectivity index (χ0) is 10.4. The number of hydrogen-bond donors (Lipinski definition) is 3. The maximum Gasteiger partial charge on any atom is 0.203 e. The van der Waals surface area contributed by atoms with E-state index in [4.69, 9.17) is 23.2 Å². The average Bonchev–Trinajstić information content (AvgIpc) is 2.20. The van der Waals surface area contributed by atoms with Crippen molar-refractivity contribution in [1.29, 1.82) is 0 Å². The van der Waals surface area contributed by atoms with Crippen LogP contribution >= 0.6 is 11.6 Å². The topological polar surface area (TPSA) is 76.4 Å². The third-order valence-corrected chi connectivity index (χ3v) is 2.14. The molecule has 0 radical (unpaired) electrons. The van der Waals surface area contributed by atoms with Gasteiger partial charge in [-0.25, -0.2) is 5.84 Å². The Kier molecular flexibility index (Phi) is 4.22. The lowest BCUT2D eigenvalue weighted by atomic mass is 10.1. The first-order valence-electron chi connectivity index (χ1n) is 4.24. The second-order valence-electron chi connectivity index (χ2n) is 2.75. The largest absolute Gasteiger partial charge is 0.369 e. The molecule has 0 aliphatic rings. The van der Waals surface area contributed by atoms with E-state index in [1.807, 2.05) is 24.3 Å². The predicted octanol–water partition coefficient (Wildman–Crippen LogP) is 0.661. The molecule has 0 saturated heterocycles. The first-order valence-corrected chi connectivity index (χ1v) is 4.62. The summed E-state index contributed by atoms with van der Waals surface area (Å²) < 4.78 is 0. The summed E-state index contributed by atoms with van der Waals surface area (Å²) in [6, 6.07) is 7.65. The lowest BCUT2D eigenvalue weighted by Crippen LogP contribution is -2.37. The van der Waals surface area contributed by atoms with Crippen molar-refractivity contribution in [1.82, 2.24) is 5.43 Å². The summed E-state index contributed by atoms with van der Waals surface area (Å²) in [6.45, 7) is 0.569. The van der Waals surface area contributed by atoms with E-state index in [1.165, 1.54) is 0 Å². The van der Waals surface area contributed by atoms with Crippen molar-refractivity contribution < 1.29 is 0 Å². The number of hydrogen-bond acceptors (Lipinski definition) is 2. The molecule has 5 N–H and O–H groups in total. The minimum absolute atomic E-state index is 0.233. The maximum atomic E-state index is 5.95. The molecule has 1 rings (SSSR count). The Balaban J connectivity index is 2.50. The van der Waals surface area contributed by atoms with Gasteiger partial charge in [0.2, 0.25) is 5.96 Å². The monoisotopic (exact) mass is 212 g/mol. The number of halogens is 1. The fourth-order valence-corrected chi connectivity index (χ4v) is 1.27. The van der Waals surface area contributed by atoms with Crippen molar-refractivity contribution in [2.24, 2.45) is 16.6 Å². The highest BCUT2D eigenvalue weighted by Gasteiger charge is 1.97. The third kappa shape index (κ3) is 3.24. The van der Waals surface area contributed by atoms with E-state index in [9.17, 15) is 0 Å². The number of rotatable bonds is 3. The first kappa shape index (κ1) is 10.8. The van der Waals surface area contributed by atoms with Crippen LogP contribution in [0, 0.1) is 0 Å². The number of aliphatic imine (C=N–C) groups is 1. The molecule has 0 aromatic heterocycles. The Labute approximate surface area is 87.9 Å². The van der Waals surface area contributed by atoms with Crippen LogP contribution in [0.2, 0.25) is 5.02 Å². The molecule has 0 atom stereocenters. The Hall–Kier alpha value is -1.26. The Bertz CT molecular complexity index is 324.